The summed E-state index contributed by atoms with van der Waals surface area (Å²) in [6, 6.07) is 0. The normalized spacial score (nSPS) is 17.9. The van der Waals surface area contributed by atoms with Crippen LogP contribution in [0.5, 0.6) is 0 Å². The van der Waals surface area contributed by atoms with E-state index >= 15 is 0 Å². The van der Waals surface area contributed by atoms with Crippen molar-refractivity contribution in [2.24, 2.45) is 7.05 Å². The smallest absolute Gasteiger partial charge is 0.224 e. The zero-order chi connectivity index (χ0) is 18.7. The Bertz CT molecular complexity index is 749. The quantitative estimate of drug-likeness (QED) is 0.774. The van der Waals surface area contributed by atoms with Gasteiger partial charge in [0.05, 0.1) is 6.54 Å². The topological polar surface area (TPSA) is 72.1 Å². The number of hydrogen-bond donors (Lipinski definition) is 0. The lowest BCUT2D eigenvalue weighted by Crippen LogP contribution is -2.40. The van der Waals surface area contributed by atoms with Crippen molar-refractivity contribution >= 4 is 5.91 Å². The van der Waals surface area contributed by atoms with Crippen LogP contribution in [-0.2, 0) is 24.9 Å². The molecule has 1 fully saturated rings. The average Bonchev–Trinajstić information content (AvgIpc) is 3.18. The number of likely N-dealkylation sites (tertiary alicyclic amines) is 1. The van der Waals surface area contributed by atoms with Gasteiger partial charge in [0.15, 0.2) is 0 Å². The Hall–Kier alpha value is -2.22. The van der Waals surface area contributed by atoms with Crippen molar-refractivity contribution < 1.29 is 4.79 Å². The summed E-state index contributed by atoms with van der Waals surface area (Å²) in [5.74, 6) is 3.37. The van der Waals surface area contributed by atoms with Gasteiger partial charge in [-0.05, 0) is 33.9 Å². The van der Waals surface area contributed by atoms with Gasteiger partial charge in [-0.3, -0.25) is 4.79 Å². The van der Waals surface area contributed by atoms with Crippen molar-refractivity contribution in [1.82, 2.24) is 34.1 Å². The van der Waals surface area contributed by atoms with Crippen molar-refractivity contribution in [2.75, 3.05) is 27.2 Å². The van der Waals surface area contributed by atoms with E-state index in [-0.39, 0.29) is 11.8 Å². The molecule has 0 aromatic carbocycles. The molecule has 2 aromatic rings. The molecule has 0 saturated carbocycles. The first-order valence-electron chi connectivity index (χ1n) is 9.24. The summed E-state index contributed by atoms with van der Waals surface area (Å²) in [6.07, 6.45) is 6.27. The first-order valence-corrected chi connectivity index (χ1v) is 9.24. The molecule has 3 rings (SSSR count). The van der Waals surface area contributed by atoms with Crippen LogP contribution in [-0.4, -0.2) is 67.2 Å². The van der Waals surface area contributed by atoms with E-state index in [1.54, 1.807) is 6.20 Å². The zero-order valence-electron chi connectivity index (χ0n) is 16.2. The van der Waals surface area contributed by atoms with Crippen molar-refractivity contribution in [3.63, 3.8) is 0 Å². The predicted octanol–water partition coefficient (Wildman–Crippen LogP) is 1.18. The largest absolute Gasteiger partial charge is 0.342 e. The van der Waals surface area contributed by atoms with Crippen molar-refractivity contribution in [3.05, 3.63) is 29.9 Å². The number of nitrogens with zero attached hydrogens (tertiary/aromatic N) is 7. The summed E-state index contributed by atoms with van der Waals surface area (Å²) in [5.41, 5.74) is 0. The molecular formula is C18H29N7O. The molecule has 2 aromatic heterocycles. The summed E-state index contributed by atoms with van der Waals surface area (Å²) >= 11 is 0. The van der Waals surface area contributed by atoms with Crippen LogP contribution in [0.2, 0.25) is 0 Å². The van der Waals surface area contributed by atoms with Gasteiger partial charge in [-0.2, -0.15) is 0 Å². The third-order valence-corrected chi connectivity index (χ3v) is 5.09. The predicted molar refractivity (Wildman–Crippen MR) is 98.5 cm³/mol. The van der Waals surface area contributed by atoms with Crippen molar-refractivity contribution in [2.45, 2.75) is 45.2 Å². The lowest BCUT2D eigenvalue weighted by atomic mass is 9.97. The number of imidazole rings is 1. The SMILES string of the molecule is Cc1nccn1CCC(=O)N1CCCC(c2nnc(CN(C)C)n2C)C1. The van der Waals surface area contributed by atoms with Gasteiger partial charge in [-0.15, -0.1) is 10.2 Å². The third kappa shape index (κ3) is 4.12. The van der Waals surface area contributed by atoms with E-state index < -0.39 is 0 Å². The van der Waals surface area contributed by atoms with Gasteiger partial charge in [0.2, 0.25) is 5.91 Å². The van der Waals surface area contributed by atoms with Crippen molar-refractivity contribution in [3.8, 4) is 0 Å². The molecule has 1 aliphatic rings. The number of rotatable bonds is 6. The molecule has 0 N–H and O–H groups in total. The van der Waals surface area contributed by atoms with E-state index in [1.807, 2.05) is 43.7 Å². The highest BCUT2D eigenvalue weighted by atomic mass is 16.2. The monoisotopic (exact) mass is 359 g/mol. The first kappa shape index (κ1) is 18.6. The molecule has 1 unspecified atom stereocenters. The third-order valence-electron chi connectivity index (χ3n) is 5.09. The van der Waals surface area contributed by atoms with E-state index in [4.69, 9.17) is 0 Å². The Morgan fingerprint density at radius 3 is 2.85 bits per heavy atom. The Morgan fingerprint density at radius 1 is 1.35 bits per heavy atom. The number of carbonyl (C=O) groups is 1. The van der Waals surface area contributed by atoms with Gasteiger partial charge in [-0.25, -0.2) is 4.98 Å². The fourth-order valence-electron chi connectivity index (χ4n) is 3.58. The molecule has 1 amide bonds. The number of piperidine rings is 1. The summed E-state index contributed by atoms with van der Waals surface area (Å²) in [5, 5.41) is 8.76. The second-order valence-electron chi connectivity index (χ2n) is 7.37. The fourth-order valence-corrected chi connectivity index (χ4v) is 3.58. The lowest BCUT2D eigenvalue weighted by molar-refractivity contribution is -0.132. The van der Waals surface area contributed by atoms with Crippen molar-refractivity contribution in [1.29, 1.82) is 0 Å². The lowest BCUT2D eigenvalue weighted by Gasteiger charge is -2.32. The van der Waals surface area contributed by atoms with Crippen LogP contribution in [0.15, 0.2) is 12.4 Å². The van der Waals surface area contributed by atoms with Crippen LogP contribution < -0.4 is 0 Å². The van der Waals surface area contributed by atoms with Gasteiger partial charge in [0.25, 0.3) is 0 Å². The molecule has 1 saturated heterocycles. The van der Waals surface area contributed by atoms with Crippen LogP contribution >= 0.6 is 0 Å². The molecule has 0 aliphatic carbocycles. The highest BCUT2D eigenvalue weighted by Crippen LogP contribution is 2.26. The van der Waals surface area contributed by atoms with Crippen LogP contribution in [0.3, 0.4) is 0 Å². The number of hydrogen-bond acceptors (Lipinski definition) is 5. The molecular weight excluding hydrogens is 330 g/mol. The fraction of sp³-hybridized carbons (Fsp3) is 0.667. The number of amides is 1. The summed E-state index contributed by atoms with van der Waals surface area (Å²) in [6.45, 7) is 4.98. The minimum Gasteiger partial charge on any atom is -0.342 e. The molecule has 0 spiro atoms. The van der Waals surface area contributed by atoms with Gasteiger partial charge >= 0.3 is 0 Å². The van der Waals surface area contributed by atoms with Crippen LogP contribution in [0.1, 0.15) is 42.7 Å². The maximum Gasteiger partial charge on any atom is 0.224 e. The summed E-state index contributed by atoms with van der Waals surface area (Å²) in [4.78, 5) is 20.9. The molecule has 8 heteroatoms. The Morgan fingerprint density at radius 2 is 2.15 bits per heavy atom. The maximum atomic E-state index is 12.7. The summed E-state index contributed by atoms with van der Waals surface area (Å²) < 4.78 is 4.11. The number of aromatic nitrogens is 5. The molecule has 0 radical (unpaired) electrons. The average molecular weight is 359 g/mol. The van der Waals surface area contributed by atoms with E-state index in [9.17, 15) is 4.79 Å². The summed E-state index contributed by atoms with van der Waals surface area (Å²) in [7, 11) is 6.07. The van der Waals surface area contributed by atoms with Gasteiger partial charge in [0.1, 0.15) is 17.5 Å². The van der Waals surface area contributed by atoms with Gasteiger partial charge < -0.3 is 18.9 Å². The van der Waals surface area contributed by atoms with E-state index in [2.05, 4.69) is 24.6 Å². The first-order chi connectivity index (χ1) is 12.5. The second kappa shape index (κ2) is 7.99. The van der Waals surface area contributed by atoms with E-state index in [0.29, 0.717) is 13.0 Å². The van der Waals surface area contributed by atoms with Gasteiger partial charge in [0, 0.05) is 51.4 Å². The van der Waals surface area contributed by atoms with E-state index in [1.165, 1.54) is 0 Å². The molecule has 1 aliphatic heterocycles. The molecule has 0 bridgehead atoms. The number of aryl methyl sites for hydroxylation is 2. The highest BCUT2D eigenvalue weighted by molar-refractivity contribution is 5.76. The molecule has 1 atom stereocenters. The Labute approximate surface area is 154 Å². The van der Waals surface area contributed by atoms with Crippen LogP contribution in [0, 0.1) is 6.92 Å². The zero-order valence-corrected chi connectivity index (χ0v) is 16.2. The minimum atomic E-state index is 0.207. The van der Waals surface area contributed by atoms with Gasteiger partial charge in [-0.1, -0.05) is 0 Å². The minimum absolute atomic E-state index is 0.207. The Kier molecular flexibility index (Phi) is 5.70. The molecule has 8 nitrogen and oxygen atoms in total. The molecule has 3 heterocycles. The maximum absolute atomic E-state index is 12.7. The second-order valence-corrected chi connectivity index (χ2v) is 7.37. The molecule has 26 heavy (non-hydrogen) atoms. The van der Waals surface area contributed by atoms with Crippen LogP contribution in [0.4, 0.5) is 0 Å². The molecule has 142 valence electrons. The number of carbonyl (C=O) groups excluding carboxylic acids is 1. The Balaban J connectivity index is 1.61. The highest BCUT2D eigenvalue weighted by Gasteiger charge is 2.28. The van der Waals surface area contributed by atoms with Crippen LogP contribution in [0.25, 0.3) is 0 Å². The standard InChI is InChI=1S/C18H29N7O/c1-14-19-8-11-24(14)10-7-17(26)25-9-5-6-15(12-25)18-21-20-16(23(18)4)13-22(2)3/h8,11,15H,5-7,9-10,12-13H2,1-4H3. The van der Waals surface area contributed by atoms with E-state index in [0.717, 1.165) is 49.9 Å².